The number of carbonyl (C=O) groups is 1. The molecule has 0 atom stereocenters. The van der Waals surface area contributed by atoms with Gasteiger partial charge in [-0.3, -0.25) is 14.5 Å². The Hall–Kier alpha value is -1.69. The van der Waals surface area contributed by atoms with E-state index in [1.807, 2.05) is 13.1 Å². The third-order valence-electron chi connectivity index (χ3n) is 2.42. The number of aryl methyl sites for hydroxylation is 2. The Morgan fingerprint density at radius 2 is 2.17 bits per heavy atom. The van der Waals surface area contributed by atoms with E-state index in [4.69, 9.17) is 0 Å². The summed E-state index contributed by atoms with van der Waals surface area (Å²) in [4.78, 5) is 15.6. The number of hydrogen-bond donors (Lipinski definition) is 1. The molecule has 2 aromatic rings. The fourth-order valence-electron chi connectivity index (χ4n) is 1.48. The van der Waals surface area contributed by atoms with Crippen molar-refractivity contribution in [2.24, 2.45) is 0 Å². The van der Waals surface area contributed by atoms with Crippen molar-refractivity contribution >= 4 is 27.5 Å². The van der Waals surface area contributed by atoms with Crippen molar-refractivity contribution in [1.82, 2.24) is 14.8 Å². The number of hydrogen-bond acceptors (Lipinski definition) is 3. The summed E-state index contributed by atoms with van der Waals surface area (Å²) in [6.07, 6.45) is 5.54. The molecule has 0 bridgehead atoms. The Balaban J connectivity index is 1.85. The summed E-state index contributed by atoms with van der Waals surface area (Å²) in [6, 6.07) is 3.51. The smallest absolute Gasteiger partial charge is 0.226 e. The van der Waals surface area contributed by atoms with E-state index in [2.05, 4.69) is 31.3 Å². The average Bonchev–Trinajstić information content (AvgIpc) is 2.68. The molecule has 0 saturated heterocycles. The van der Waals surface area contributed by atoms with E-state index in [9.17, 15) is 4.79 Å². The fourth-order valence-corrected chi connectivity index (χ4v) is 1.80. The average molecular weight is 309 g/mol. The van der Waals surface area contributed by atoms with Crippen molar-refractivity contribution in [2.45, 2.75) is 19.9 Å². The van der Waals surface area contributed by atoms with Crippen molar-refractivity contribution in [3.05, 3.63) is 40.9 Å². The van der Waals surface area contributed by atoms with E-state index in [-0.39, 0.29) is 5.91 Å². The van der Waals surface area contributed by atoms with Crippen molar-refractivity contribution in [3.8, 4) is 0 Å². The molecule has 0 aliphatic heterocycles. The summed E-state index contributed by atoms with van der Waals surface area (Å²) in [5.41, 5.74) is 1.68. The normalized spacial score (nSPS) is 10.3. The van der Waals surface area contributed by atoms with E-state index in [1.54, 1.807) is 29.2 Å². The summed E-state index contributed by atoms with van der Waals surface area (Å²) < 4.78 is 2.71. The Morgan fingerprint density at radius 3 is 2.78 bits per heavy atom. The molecule has 0 aliphatic carbocycles. The van der Waals surface area contributed by atoms with E-state index >= 15 is 0 Å². The lowest BCUT2D eigenvalue weighted by Crippen LogP contribution is -2.14. The quantitative estimate of drug-likeness (QED) is 0.943. The Kier molecular flexibility index (Phi) is 4.09. The molecule has 1 N–H and O–H groups in total. The first-order valence-electron chi connectivity index (χ1n) is 5.54. The molecule has 0 aliphatic rings. The van der Waals surface area contributed by atoms with Crippen molar-refractivity contribution in [3.63, 3.8) is 0 Å². The molecule has 0 unspecified atom stereocenters. The molecular formula is C12H13BrN4O. The predicted molar refractivity (Wildman–Crippen MR) is 72.1 cm³/mol. The van der Waals surface area contributed by atoms with Crippen LogP contribution in [-0.2, 0) is 11.3 Å². The van der Waals surface area contributed by atoms with E-state index < -0.39 is 0 Å². The van der Waals surface area contributed by atoms with Gasteiger partial charge in [0, 0.05) is 37.2 Å². The monoisotopic (exact) mass is 308 g/mol. The van der Waals surface area contributed by atoms with Gasteiger partial charge in [-0.2, -0.15) is 5.10 Å². The summed E-state index contributed by atoms with van der Waals surface area (Å²) in [5.74, 6) is -0.0366. The van der Waals surface area contributed by atoms with Gasteiger partial charge >= 0.3 is 0 Å². The van der Waals surface area contributed by atoms with Crippen LogP contribution in [-0.4, -0.2) is 20.7 Å². The number of aromatic nitrogens is 3. The molecule has 0 radical (unpaired) electrons. The second-order valence-corrected chi connectivity index (χ2v) is 4.71. The summed E-state index contributed by atoms with van der Waals surface area (Å²) >= 11 is 3.39. The van der Waals surface area contributed by atoms with Crippen LogP contribution in [0.1, 0.15) is 12.1 Å². The molecule has 0 fully saturated rings. The molecule has 2 aromatic heterocycles. The molecule has 6 heteroatoms. The summed E-state index contributed by atoms with van der Waals surface area (Å²) in [7, 11) is 0. The van der Waals surface area contributed by atoms with Crippen molar-refractivity contribution in [1.29, 1.82) is 0 Å². The zero-order valence-electron chi connectivity index (χ0n) is 9.93. The highest BCUT2D eigenvalue weighted by molar-refractivity contribution is 9.10. The largest absolute Gasteiger partial charge is 0.326 e. The lowest BCUT2D eigenvalue weighted by molar-refractivity contribution is -0.116. The number of anilines is 1. The molecule has 0 saturated carbocycles. The van der Waals surface area contributed by atoms with Crippen LogP contribution in [0.25, 0.3) is 0 Å². The maximum Gasteiger partial charge on any atom is 0.226 e. The number of rotatable bonds is 4. The summed E-state index contributed by atoms with van der Waals surface area (Å²) in [5, 5.41) is 7.07. The predicted octanol–water partition coefficient (Wildman–Crippen LogP) is 2.38. The molecule has 2 rings (SSSR count). The van der Waals surface area contributed by atoms with E-state index in [0.29, 0.717) is 13.0 Å². The fraction of sp³-hybridized carbons (Fsp3) is 0.250. The van der Waals surface area contributed by atoms with Gasteiger partial charge in [-0.25, -0.2) is 0 Å². The first-order chi connectivity index (χ1) is 8.65. The Bertz CT molecular complexity index is 519. The second-order valence-electron chi connectivity index (χ2n) is 3.86. The Morgan fingerprint density at radius 1 is 1.44 bits per heavy atom. The number of halogens is 1. The highest BCUT2D eigenvalue weighted by Crippen LogP contribution is 2.13. The number of amides is 1. The zero-order valence-corrected chi connectivity index (χ0v) is 11.5. The van der Waals surface area contributed by atoms with Crippen LogP contribution in [0.5, 0.6) is 0 Å². The molecule has 94 valence electrons. The third kappa shape index (κ3) is 3.40. The van der Waals surface area contributed by atoms with Gasteiger partial charge < -0.3 is 5.32 Å². The van der Waals surface area contributed by atoms with Crippen LogP contribution in [0.3, 0.4) is 0 Å². The van der Waals surface area contributed by atoms with Gasteiger partial charge in [0.1, 0.15) is 0 Å². The molecule has 2 heterocycles. The van der Waals surface area contributed by atoms with Gasteiger partial charge in [-0.15, -0.1) is 0 Å². The second kappa shape index (κ2) is 5.77. The number of pyridine rings is 1. The van der Waals surface area contributed by atoms with Gasteiger partial charge in [0.15, 0.2) is 0 Å². The third-order valence-corrected chi connectivity index (χ3v) is 3.20. The number of nitrogens with zero attached hydrogens (tertiary/aromatic N) is 3. The van der Waals surface area contributed by atoms with Crippen LogP contribution in [0.4, 0.5) is 5.69 Å². The lowest BCUT2D eigenvalue weighted by atomic mass is 10.3. The molecule has 18 heavy (non-hydrogen) atoms. The van der Waals surface area contributed by atoms with E-state index in [0.717, 1.165) is 15.9 Å². The molecule has 5 nitrogen and oxygen atoms in total. The minimum absolute atomic E-state index is 0.0366. The first-order valence-corrected chi connectivity index (χ1v) is 6.34. The molecule has 1 amide bonds. The molecular weight excluding hydrogens is 296 g/mol. The van der Waals surface area contributed by atoms with Gasteiger partial charge in [0.25, 0.3) is 0 Å². The van der Waals surface area contributed by atoms with Crippen LogP contribution >= 0.6 is 15.9 Å². The summed E-state index contributed by atoms with van der Waals surface area (Å²) in [6.45, 7) is 2.47. The van der Waals surface area contributed by atoms with Gasteiger partial charge in [-0.1, -0.05) is 0 Å². The van der Waals surface area contributed by atoms with Crippen LogP contribution in [0, 0.1) is 6.92 Å². The highest BCUT2D eigenvalue weighted by atomic mass is 79.9. The van der Waals surface area contributed by atoms with E-state index in [1.165, 1.54) is 0 Å². The minimum Gasteiger partial charge on any atom is -0.326 e. The van der Waals surface area contributed by atoms with Crippen LogP contribution in [0.2, 0.25) is 0 Å². The number of carbonyl (C=O) groups excluding carboxylic acids is 1. The van der Waals surface area contributed by atoms with Gasteiger partial charge in [0.2, 0.25) is 5.91 Å². The van der Waals surface area contributed by atoms with Crippen LogP contribution < -0.4 is 5.32 Å². The zero-order chi connectivity index (χ0) is 13.0. The topological polar surface area (TPSA) is 59.8 Å². The Labute approximate surface area is 113 Å². The molecule has 0 aromatic carbocycles. The maximum absolute atomic E-state index is 11.7. The SMILES string of the molecule is Cc1nn(CCC(=O)Nc2ccncc2)cc1Br. The van der Waals surface area contributed by atoms with Crippen molar-refractivity contribution < 1.29 is 4.79 Å². The standard InChI is InChI=1S/C12H13BrN4O/c1-9-11(13)8-17(16-9)7-4-12(18)15-10-2-5-14-6-3-10/h2-3,5-6,8H,4,7H2,1H3,(H,14,15,18). The van der Waals surface area contributed by atoms with Gasteiger partial charge in [0.05, 0.1) is 10.2 Å². The van der Waals surface area contributed by atoms with Gasteiger partial charge in [-0.05, 0) is 35.0 Å². The molecule has 0 spiro atoms. The van der Waals surface area contributed by atoms with Crippen molar-refractivity contribution in [2.75, 3.05) is 5.32 Å². The minimum atomic E-state index is -0.0366. The first kappa shape index (κ1) is 12.8. The highest BCUT2D eigenvalue weighted by Gasteiger charge is 2.05. The maximum atomic E-state index is 11.7. The van der Waals surface area contributed by atoms with Crippen LogP contribution in [0.15, 0.2) is 35.2 Å². The number of nitrogens with one attached hydrogen (secondary N) is 1. The lowest BCUT2D eigenvalue weighted by Gasteiger charge is -2.04.